The van der Waals surface area contributed by atoms with E-state index in [9.17, 15) is 9.90 Å². The minimum atomic E-state index is -0.407. The third-order valence-corrected chi connectivity index (χ3v) is 4.59. The number of aliphatic hydroxyl groups excluding tert-OH is 1. The summed E-state index contributed by atoms with van der Waals surface area (Å²) in [6.45, 7) is 3.71. The molecule has 0 aliphatic carbocycles. The van der Waals surface area contributed by atoms with Gasteiger partial charge in [0.05, 0.1) is 24.8 Å². The minimum absolute atomic E-state index is 0. The van der Waals surface area contributed by atoms with Gasteiger partial charge in [-0.3, -0.25) is 4.79 Å². The molecule has 2 saturated heterocycles. The lowest BCUT2D eigenvalue weighted by Gasteiger charge is -2.37. The molecule has 0 bridgehead atoms. The zero-order valence-electron chi connectivity index (χ0n) is 11.9. The van der Waals surface area contributed by atoms with E-state index in [1.165, 1.54) is 0 Å². The first kappa shape index (κ1) is 16.7. The van der Waals surface area contributed by atoms with Crippen LogP contribution < -0.4 is 5.32 Å². The quantitative estimate of drug-likeness (QED) is 0.854. The number of carbonyl (C=O) groups is 1. The van der Waals surface area contributed by atoms with Gasteiger partial charge >= 0.3 is 0 Å². The Kier molecular flexibility index (Phi) is 5.62. The van der Waals surface area contributed by atoms with Crippen LogP contribution in [0.3, 0.4) is 0 Å². The molecule has 1 aromatic heterocycles. The Balaban J connectivity index is 0.00000161. The summed E-state index contributed by atoms with van der Waals surface area (Å²) in [6.07, 6.45) is 0.0903. The van der Waals surface area contributed by atoms with Gasteiger partial charge < -0.3 is 20.1 Å². The molecule has 0 spiro atoms. The molecule has 21 heavy (non-hydrogen) atoms. The normalized spacial score (nSPS) is 32.8. The molecule has 2 aliphatic heterocycles. The van der Waals surface area contributed by atoms with Crippen molar-refractivity contribution in [3.05, 3.63) is 22.4 Å². The van der Waals surface area contributed by atoms with Crippen LogP contribution >= 0.6 is 23.7 Å². The second kappa shape index (κ2) is 7.07. The van der Waals surface area contributed by atoms with Crippen molar-refractivity contribution in [3.8, 4) is 0 Å². The van der Waals surface area contributed by atoms with Crippen molar-refractivity contribution in [2.45, 2.75) is 37.7 Å². The number of nitrogens with one attached hydrogen (secondary N) is 1. The van der Waals surface area contributed by atoms with Gasteiger partial charge in [-0.05, 0) is 35.7 Å². The van der Waals surface area contributed by atoms with E-state index in [-0.39, 0.29) is 36.6 Å². The third kappa shape index (κ3) is 3.76. The Morgan fingerprint density at radius 1 is 1.52 bits per heavy atom. The van der Waals surface area contributed by atoms with Crippen molar-refractivity contribution in [1.29, 1.82) is 0 Å². The number of rotatable bonds is 2. The molecule has 2 aliphatic rings. The number of β-amino-alcohol motifs (C(OH)–C–C–N with tert-alkyl or cyclic N) is 1. The number of thiophene rings is 1. The molecular formula is C14H21ClN2O3S. The van der Waals surface area contributed by atoms with Gasteiger partial charge in [-0.25, -0.2) is 0 Å². The van der Waals surface area contributed by atoms with E-state index in [4.69, 9.17) is 4.74 Å². The fourth-order valence-electron chi connectivity index (χ4n) is 2.90. The van der Waals surface area contributed by atoms with Gasteiger partial charge in [0.15, 0.2) is 0 Å². The molecule has 118 valence electrons. The van der Waals surface area contributed by atoms with Crippen LogP contribution in [0.2, 0.25) is 0 Å². The number of hydrogen-bond acceptors (Lipinski definition) is 5. The molecule has 0 saturated carbocycles. The first-order valence-electron chi connectivity index (χ1n) is 7.01. The summed E-state index contributed by atoms with van der Waals surface area (Å²) in [7, 11) is 0. The Bertz CT molecular complexity index is 471. The Hall–Kier alpha value is -0.660. The van der Waals surface area contributed by atoms with Crippen molar-refractivity contribution in [1.82, 2.24) is 10.2 Å². The van der Waals surface area contributed by atoms with Gasteiger partial charge in [-0.2, -0.15) is 11.3 Å². The minimum Gasteiger partial charge on any atom is -0.392 e. The molecule has 4 atom stereocenters. The lowest BCUT2D eigenvalue weighted by molar-refractivity contribution is -0.146. The zero-order chi connectivity index (χ0) is 14.1. The van der Waals surface area contributed by atoms with Crippen LogP contribution in [0, 0.1) is 0 Å². The standard InChI is InChI=1S/C14H20N2O3S.ClH/c1-9-6-16(14(18)12-4-11(17)5-15-12)7-13(19-9)10-2-3-20-8-10;/h2-3,8-9,11-13,15,17H,4-7H2,1H3;1H. The number of nitrogens with zero attached hydrogens (tertiary/aromatic N) is 1. The van der Waals surface area contributed by atoms with E-state index in [2.05, 4.69) is 10.7 Å². The van der Waals surface area contributed by atoms with Crippen LogP contribution in [0.15, 0.2) is 16.8 Å². The average molecular weight is 333 g/mol. The molecule has 4 unspecified atom stereocenters. The van der Waals surface area contributed by atoms with Crippen LogP contribution in [0.1, 0.15) is 25.0 Å². The fourth-order valence-corrected chi connectivity index (χ4v) is 3.60. The smallest absolute Gasteiger partial charge is 0.240 e. The molecule has 7 heteroatoms. The summed E-state index contributed by atoms with van der Waals surface area (Å²) in [5.74, 6) is 0.0805. The molecule has 1 amide bonds. The SMILES string of the molecule is CC1CN(C(=O)C2CC(O)CN2)CC(c2ccsc2)O1.Cl. The van der Waals surface area contributed by atoms with E-state index >= 15 is 0 Å². The Morgan fingerprint density at radius 2 is 2.33 bits per heavy atom. The second-order valence-electron chi connectivity index (χ2n) is 5.59. The number of ether oxygens (including phenoxy) is 1. The maximum atomic E-state index is 12.5. The van der Waals surface area contributed by atoms with Gasteiger partial charge in [-0.1, -0.05) is 0 Å². The van der Waals surface area contributed by atoms with E-state index in [0.29, 0.717) is 26.1 Å². The second-order valence-corrected chi connectivity index (χ2v) is 6.37. The first-order chi connectivity index (χ1) is 9.63. The van der Waals surface area contributed by atoms with Crippen molar-refractivity contribution in [2.24, 2.45) is 0 Å². The summed E-state index contributed by atoms with van der Waals surface area (Å²) < 4.78 is 5.94. The number of hydrogen-bond donors (Lipinski definition) is 2. The summed E-state index contributed by atoms with van der Waals surface area (Å²) >= 11 is 1.64. The van der Waals surface area contributed by atoms with Gasteiger partial charge in [0.2, 0.25) is 5.91 Å². The predicted octanol–water partition coefficient (Wildman–Crippen LogP) is 1.18. The molecule has 3 rings (SSSR count). The summed E-state index contributed by atoms with van der Waals surface area (Å²) in [5.41, 5.74) is 1.14. The van der Waals surface area contributed by atoms with Crippen LogP contribution in [0.5, 0.6) is 0 Å². The zero-order valence-corrected chi connectivity index (χ0v) is 13.5. The molecule has 0 radical (unpaired) electrons. The first-order valence-corrected chi connectivity index (χ1v) is 7.95. The van der Waals surface area contributed by atoms with Crippen LogP contribution in [-0.4, -0.2) is 53.8 Å². The summed E-state index contributed by atoms with van der Waals surface area (Å²) in [6, 6.07) is 1.80. The summed E-state index contributed by atoms with van der Waals surface area (Å²) in [4.78, 5) is 14.4. The number of aliphatic hydroxyl groups is 1. The molecule has 5 nitrogen and oxygen atoms in total. The third-order valence-electron chi connectivity index (χ3n) is 3.89. The number of morpholine rings is 1. The van der Waals surface area contributed by atoms with Crippen molar-refractivity contribution >= 4 is 29.7 Å². The van der Waals surface area contributed by atoms with Crippen LogP contribution in [0.4, 0.5) is 0 Å². The highest BCUT2D eigenvalue weighted by Crippen LogP contribution is 2.27. The lowest BCUT2D eigenvalue weighted by Crippen LogP contribution is -2.51. The van der Waals surface area contributed by atoms with Crippen molar-refractivity contribution in [3.63, 3.8) is 0 Å². The Labute approximate surface area is 134 Å². The highest BCUT2D eigenvalue weighted by atomic mass is 35.5. The molecule has 0 aromatic carbocycles. The fraction of sp³-hybridized carbons (Fsp3) is 0.643. The number of halogens is 1. The van der Waals surface area contributed by atoms with Gasteiger partial charge in [0.1, 0.15) is 6.10 Å². The molecule has 2 fully saturated rings. The number of carbonyl (C=O) groups excluding carboxylic acids is 1. The summed E-state index contributed by atoms with van der Waals surface area (Å²) in [5, 5.41) is 16.7. The van der Waals surface area contributed by atoms with Crippen molar-refractivity contribution in [2.75, 3.05) is 19.6 Å². The van der Waals surface area contributed by atoms with E-state index in [0.717, 1.165) is 5.56 Å². The molecule has 3 heterocycles. The van der Waals surface area contributed by atoms with Gasteiger partial charge in [0, 0.05) is 13.1 Å². The molecular weight excluding hydrogens is 312 g/mol. The predicted molar refractivity (Wildman–Crippen MR) is 83.8 cm³/mol. The number of amides is 1. The topological polar surface area (TPSA) is 61.8 Å². The van der Waals surface area contributed by atoms with Crippen LogP contribution in [-0.2, 0) is 9.53 Å². The monoisotopic (exact) mass is 332 g/mol. The maximum Gasteiger partial charge on any atom is 0.240 e. The van der Waals surface area contributed by atoms with Gasteiger partial charge in [-0.15, -0.1) is 12.4 Å². The highest BCUT2D eigenvalue weighted by molar-refractivity contribution is 7.07. The van der Waals surface area contributed by atoms with E-state index in [1.54, 1.807) is 11.3 Å². The molecule has 1 aromatic rings. The lowest BCUT2D eigenvalue weighted by atomic mass is 10.1. The van der Waals surface area contributed by atoms with Crippen molar-refractivity contribution < 1.29 is 14.6 Å². The average Bonchev–Trinajstić information content (AvgIpc) is 3.08. The van der Waals surface area contributed by atoms with Gasteiger partial charge in [0.25, 0.3) is 0 Å². The maximum absolute atomic E-state index is 12.5. The van der Waals surface area contributed by atoms with Crippen LogP contribution in [0.25, 0.3) is 0 Å². The largest absolute Gasteiger partial charge is 0.392 e. The Morgan fingerprint density at radius 3 is 2.95 bits per heavy atom. The van der Waals surface area contributed by atoms with E-state index < -0.39 is 6.10 Å². The molecule has 2 N–H and O–H groups in total. The van der Waals surface area contributed by atoms with E-state index in [1.807, 2.05) is 23.3 Å². The highest BCUT2D eigenvalue weighted by Gasteiger charge is 2.35.